The summed E-state index contributed by atoms with van der Waals surface area (Å²) >= 11 is 1.23. The maximum absolute atomic E-state index is 11.9. The molecule has 3 rings (SSSR count). The van der Waals surface area contributed by atoms with Gasteiger partial charge in [-0.1, -0.05) is 0 Å². The molecular weight excluding hydrogens is 242 g/mol. The van der Waals surface area contributed by atoms with Crippen LogP contribution in [0.4, 0.5) is 0 Å². The van der Waals surface area contributed by atoms with Crippen LogP contribution in [-0.2, 0) is 4.79 Å². The van der Waals surface area contributed by atoms with Crippen LogP contribution in [0, 0.1) is 5.92 Å². The highest BCUT2D eigenvalue weighted by Crippen LogP contribution is 2.28. The second kappa shape index (κ2) is 3.56. The number of nitrogens with zero attached hydrogens (tertiary/aromatic N) is 1. The van der Waals surface area contributed by atoms with Crippen LogP contribution >= 0.6 is 11.3 Å². The summed E-state index contributed by atoms with van der Waals surface area (Å²) in [6, 6.07) is 1.66. The topological polar surface area (TPSA) is 84.0 Å². The van der Waals surface area contributed by atoms with E-state index in [0.717, 1.165) is 17.5 Å². The molecule has 7 heteroatoms. The number of nitrogens with one attached hydrogen (secondary N) is 2. The van der Waals surface area contributed by atoms with E-state index in [0.29, 0.717) is 10.2 Å². The van der Waals surface area contributed by atoms with Gasteiger partial charge in [-0.3, -0.25) is 15.0 Å². The summed E-state index contributed by atoms with van der Waals surface area (Å²) in [4.78, 5) is 37.6. The SMILES string of the molecule is O=C(Nn1c(=O)[nH]c2ccsc2c1=O)C1CC1. The first-order valence-electron chi connectivity index (χ1n) is 5.20. The third-order valence-corrected chi connectivity index (χ3v) is 3.58. The molecule has 1 fully saturated rings. The summed E-state index contributed by atoms with van der Waals surface area (Å²) in [6.45, 7) is 0. The maximum Gasteiger partial charge on any atom is 0.348 e. The van der Waals surface area contributed by atoms with Crippen molar-refractivity contribution in [3.63, 3.8) is 0 Å². The first-order chi connectivity index (χ1) is 8.16. The largest absolute Gasteiger partial charge is 0.348 e. The van der Waals surface area contributed by atoms with Crippen molar-refractivity contribution in [2.24, 2.45) is 5.92 Å². The molecular formula is C10H9N3O3S. The number of aromatic amines is 1. The molecule has 1 aliphatic carbocycles. The molecule has 88 valence electrons. The zero-order chi connectivity index (χ0) is 12.0. The van der Waals surface area contributed by atoms with Crippen molar-refractivity contribution in [1.82, 2.24) is 9.66 Å². The minimum atomic E-state index is -0.616. The van der Waals surface area contributed by atoms with Gasteiger partial charge in [-0.15, -0.1) is 11.3 Å². The number of thiophene rings is 1. The summed E-state index contributed by atoms with van der Waals surface area (Å²) in [7, 11) is 0. The van der Waals surface area contributed by atoms with Gasteiger partial charge in [0.05, 0.1) is 5.52 Å². The fraction of sp³-hybridized carbons (Fsp3) is 0.300. The van der Waals surface area contributed by atoms with Gasteiger partial charge in [0.1, 0.15) is 4.70 Å². The van der Waals surface area contributed by atoms with Crippen LogP contribution < -0.4 is 16.7 Å². The molecule has 0 aliphatic heterocycles. The number of carbonyl (C=O) groups excluding carboxylic acids is 1. The lowest BCUT2D eigenvalue weighted by atomic mass is 10.4. The summed E-state index contributed by atoms with van der Waals surface area (Å²) < 4.78 is 1.18. The number of hydrogen-bond donors (Lipinski definition) is 2. The van der Waals surface area contributed by atoms with Crippen molar-refractivity contribution in [3.8, 4) is 0 Å². The molecule has 2 N–H and O–H groups in total. The number of carbonyl (C=O) groups is 1. The van der Waals surface area contributed by atoms with E-state index in [4.69, 9.17) is 0 Å². The predicted molar refractivity (Wildman–Crippen MR) is 63.8 cm³/mol. The molecule has 0 saturated heterocycles. The Morgan fingerprint density at radius 1 is 1.47 bits per heavy atom. The summed E-state index contributed by atoms with van der Waals surface area (Å²) in [5, 5.41) is 1.72. The molecule has 0 bridgehead atoms. The second-order valence-corrected chi connectivity index (χ2v) is 4.90. The van der Waals surface area contributed by atoms with Crippen LogP contribution in [-0.4, -0.2) is 15.6 Å². The van der Waals surface area contributed by atoms with E-state index in [1.807, 2.05) is 0 Å². The van der Waals surface area contributed by atoms with Gasteiger partial charge < -0.3 is 4.98 Å². The van der Waals surface area contributed by atoms with E-state index in [1.165, 1.54) is 11.3 Å². The van der Waals surface area contributed by atoms with Crippen molar-refractivity contribution in [2.45, 2.75) is 12.8 Å². The van der Waals surface area contributed by atoms with E-state index >= 15 is 0 Å². The molecule has 0 aromatic carbocycles. The number of amides is 1. The van der Waals surface area contributed by atoms with Crippen molar-refractivity contribution >= 4 is 27.5 Å². The fourth-order valence-corrected chi connectivity index (χ4v) is 2.37. The molecule has 6 nitrogen and oxygen atoms in total. The van der Waals surface area contributed by atoms with Crippen molar-refractivity contribution in [3.05, 3.63) is 32.3 Å². The van der Waals surface area contributed by atoms with E-state index in [1.54, 1.807) is 11.4 Å². The van der Waals surface area contributed by atoms with Crippen molar-refractivity contribution in [2.75, 3.05) is 5.43 Å². The van der Waals surface area contributed by atoms with Gasteiger partial charge in [0, 0.05) is 5.92 Å². The Kier molecular flexibility index (Phi) is 2.15. The lowest BCUT2D eigenvalue weighted by molar-refractivity contribution is -0.118. The van der Waals surface area contributed by atoms with E-state index < -0.39 is 11.2 Å². The van der Waals surface area contributed by atoms with Gasteiger partial charge in [0.2, 0.25) is 5.91 Å². The fourth-order valence-electron chi connectivity index (χ4n) is 1.59. The molecule has 0 radical (unpaired) electrons. The molecule has 1 aliphatic rings. The number of hydrogen-bond acceptors (Lipinski definition) is 4. The standard InChI is InChI=1S/C10H9N3O3S/c14-8(5-1-2-5)12-13-9(15)7-6(3-4-17-7)11-10(13)16/h3-5H,1-2H2,(H,11,16)(H,12,14). The maximum atomic E-state index is 11.9. The van der Waals surface area contributed by atoms with Crippen LogP contribution in [0.15, 0.2) is 21.0 Å². The third-order valence-electron chi connectivity index (χ3n) is 2.68. The Morgan fingerprint density at radius 3 is 2.94 bits per heavy atom. The first-order valence-corrected chi connectivity index (χ1v) is 6.08. The molecule has 17 heavy (non-hydrogen) atoms. The molecule has 2 aromatic heterocycles. The Morgan fingerprint density at radius 2 is 2.24 bits per heavy atom. The van der Waals surface area contributed by atoms with Crippen LogP contribution in [0.25, 0.3) is 10.2 Å². The van der Waals surface area contributed by atoms with Crippen LogP contribution in [0.2, 0.25) is 0 Å². The second-order valence-electron chi connectivity index (χ2n) is 3.98. The monoisotopic (exact) mass is 251 g/mol. The Labute approximate surface area is 98.9 Å². The third kappa shape index (κ3) is 1.68. The number of fused-ring (bicyclic) bond motifs is 1. The zero-order valence-electron chi connectivity index (χ0n) is 8.73. The van der Waals surface area contributed by atoms with Gasteiger partial charge >= 0.3 is 5.69 Å². The van der Waals surface area contributed by atoms with Crippen LogP contribution in [0.5, 0.6) is 0 Å². The van der Waals surface area contributed by atoms with E-state index in [9.17, 15) is 14.4 Å². The molecule has 0 atom stereocenters. The van der Waals surface area contributed by atoms with E-state index in [2.05, 4.69) is 10.4 Å². The molecule has 1 amide bonds. The molecule has 2 heterocycles. The Hall–Kier alpha value is -1.89. The molecule has 0 spiro atoms. The average Bonchev–Trinajstić information content (AvgIpc) is 3.04. The Balaban J connectivity index is 2.11. The molecule has 0 unspecified atom stereocenters. The highest BCUT2D eigenvalue weighted by molar-refractivity contribution is 7.17. The van der Waals surface area contributed by atoms with Crippen LogP contribution in [0.1, 0.15) is 12.8 Å². The summed E-state index contributed by atoms with van der Waals surface area (Å²) in [6.07, 6.45) is 1.64. The van der Waals surface area contributed by atoms with Crippen molar-refractivity contribution in [1.29, 1.82) is 0 Å². The van der Waals surface area contributed by atoms with Gasteiger partial charge in [-0.25, -0.2) is 4.79 Å². The summed E-state index contributed by atoms with van der Waals surface area (Å²) in [5.41, 5.74) is 1.76. The van der Waals surface area contributed by atoms with E-state index in [-0.39, 0.29) is 11.8 Å². The molecule has 2 aromatic rings. The smallest absolute Gasteiger partial charge is 0.304 e. The average molecular weight is 251 g/mol. The minimum Gasteiger partial charge on any atom is -0.304 e. The zero-order valence-corrected chi connectivity index (χ0v) is 9.54. The Bertz CT molecular complexity index is 707. The number of H-pyrrole nitrogens is 1. The van der Waals surface area contributed by atoms with Crippen LogP contribution in [0.3, 0.4) is 0 Å². The summed E-state index contributed by atoms with van der Waals surface area (Å²) in [5.74, 6) is -0.325. The van der Waals surface area contributed by atoms with Gasteiger partial charge in [-0.2, -0.15) is 4.68 Å². The number of rotatable bonds is 2. The first kappa shape index (κ1) is 10.3. The van der Waals surface area contributed by atoms with Crippen molar-refractivity contribution < 1.29 is 4.79 Å². The minimum absolute atomic E-state index is 0.0552. The number of aromatic nitrogens is 2. The lowest BCUT2D eigenvalue weighted by Gasteiger charge is -2.05. The molecule has 1 saturated carbocycles. The van der Waals surface area contributed by atoms with Gasteiger partial charge in [0.15, 0.2) is 0 Å². The lowest BCUT2D eigenvalue weighted by Crippen LogP contribution is -2.43. The van der Waals surface area contributed by atoms with Gasteiger partial charge in [0.25, 0.3) is 5.56 Å². The normalized spacial score (nSPS) is 15.1. The van der Waals surface area contributed by atoms with Gasteiger partial charge in [-0.05, 0) is 24.3 Å². The quantitative estimate of drug-likeness (QED) is 0.801. The highest BCUT2D eigenvalue weighted by Gasteiger charge is 2.30. The predicted octanol–water partition coefficient (Wildman–Crippen LogP) is 0.231. The highest BCUT2D eigenvalue weighted by atomic mass is 32.1.